The van der Waals surface area contributed by atoms with Gasteiger partial charge in [0.1, 0.15) is 5.56 Å². The van der Waals surface area contributed by atoms with Crippen molar-refractivity contribution in [2.75, 3.05) is 11.9 Å². The molecule has 0 spiro atoms. The standard InChI is InChI=1S/C19H17F3N6/c1-10-4-12(7-24-10)27-18-26-9-15(19(20,21)22)17(28-18)14-8-25-16-5-11(6-23)2-3-13(14)16/h2-3,5,8-10,12,24-25H,4,7H2,1H3,(H,26,27,28)/t10-,12-/m0/s1. The minimum atomic E-state index is -4.59. The van der Waals surface area contributed by atoms with Crippen LogP contribution in [0.2, 0.25) is 0 Å². The fourth-order valence-corrected chi connectivity index (χ4v) is 3.49. The monoisotopic (exact) mass is 386 g/mol. The van der Waals surface area contributed by atoms with Gasteiger partial charge in [-0.3, -0.25) is 0 Å². The van der Waals surface area contributed by atoms with E-state index in [0.29, 0.717) is 34.6 Å². The van der Waals surface area contributed by atoms with E-state index in [-0.39, 0.29) is 17.7 Å². The Balaban J connectivity index is 1.79. The Morgan fingerprint density at radius 2 is 2.14 bits per heavy atom. The Morgan fingerprint density at radius 3 is 2.82 bits per heavy atom. The van der Waals surface area contributed by atoms with Crippen molar-refractivity contribution in [2.24, 2.45) is 0 Å². The van der Waals surface area contributed by atoms with E-state index in [1.165, 1.54) is 6.20 Å². The molecule has 0 bridgehead atoms. The Kier molecular flexibility index (Phi) is 4.43. The number of benzene rings is 1. The Bertz CT molecular complexity index is 1070. The summed E-state index contributed by atoms with van der Waals surface area (Å²) in [6.07, 6.45) is -1.46. The summed E-state index contributed by atoms with van der Waals surface area (Å²) in [6, 6.07) is 7.19. The molecule has 144 valence electrons. The topological polar surface area (TPSA) is 89.4 Å². The smallest absolute Gasteiger partial charge is 0.360 e. The molecule has 0 aliphatic carbocycles. The number of halogens is 3. The second-order valence-electron chi connectivity index (χ2n) is 6.91. The van der Waals surface area contributed by atoms with Gasteiger partial charge in [-0.25, -0.2) is 9.97 Å². The van der Waals surface area contributed by atoms with Crippen LogP contribution in [0.5, 0.6) is 0 Å². The molecule has 3 heterocycles. The highest BCUT2D eigenvalue weighted by Gasteiger charge is 2.36. The van der Waals surface area contributed by atoms with Crippen LogP contribution in [0.4, 0.5) is 19.1 Å². The van der Waals surface area contributed by atoms with Gasteiger partial charge >= 0.3 is 6.18 Å². The highest BCUT2D eigenvalue weighted by atomic mass is 19.4. The van der Waals surface area contributed by atoms with E-state index in [0.717, 1.165) is 12.6 Å². The Labute approximate surface area is 158 Å². The molecule has 2 atom stereocenters. The van der Waals surface area contributed by atoms with Gasteiger partial charge in [0.15, 0.2) is 0 Å². The van der Waals surface area contributed by atoms with Crippen LogP contribution >= 0.6 is 0 Å². The van der Waals surface area contributed by atoms with Gasteiger partial charge in [0.25, 0.3) is 0 Å². The zero-order valence-electron chi connectivity index (χ0n) is 14.9. The number of H-pyrrole nitrogens is 1. The molecule has 0 amide bonds. The zero-order chi connectivity index (χ0) is 19.9. The van der Waals surface area contributed by atoms with Crippen molar-refractivity contribution < 1.29 is 13.2 Å². The molecule has 2 aromatic heterocycles. The third kappa shape index (κ3) is 3.39. The lowest BCUT2D eigenvalue weighted by Crippen LogP contribution is -2.24. The van der Waals surface area contributed by atoms with Crippen LogP contribution in [0.15, 0.2) is 30.6 Å². The first-order valence-corrected chi connectivity index (χ1v) is 8.81. The average molecular weight is 386 g/mol. The number of nitriles is 1. The number of aromatic nitrogens is 3. The van der Waals surface area contributed by atoms with Crippen LogP contribution in [-0.2, 0) is 6.18 Å². The normalized spacial score (nSPS) is 19.7. The number of anilines is 1. The number of alkyl halides is 3. The summed E-state index contributed by atoms with van der Waals surface area (Å²) in [5.74, 6) is 0.159. The molecule has 1 fully saturated rings. The second kappa shape index (κ2) is 6.80. The minimum absolute atomic E-state index is 0.0562. The lowest BCUT2D eigenvalue weighted by atomic mass is 10.0. The molecular formula is C19H17F3N6. The maximum atomic E-state index is 13.6. The van der Waals surface area contributed by atoms with Gasteiger partial charge < -0.3 is 15.6 Å². The molecule has 1 aromatic carbocycles. The second-order valence-corrected chi connectivity index (χ2v) is 6.91. The summed E-state index contributed by atoms with van der Waals surface area (Å²) >= 11 is 0. The number of rotatable bonds is 3. The van der Waals surface area contributed by atoms with E-state index in [9.17, 15) is 13.2 Å². The number of aromatic amines is 1. The minimum Gasteiger partial charge on any atom is -0.360 e. The summed E-state index contributed by atoms with van der Waals surface area (Å²) in [4.78, 5) is 11.0. The maximum Gasteiger partial charge on any atom is 0.419 e. The van der Waals surface area contributed by atoms with Crippen LogP contribution in [-0.4, -0.2) is 33.6 Å². The van der Waals surface area contributed by atoms with Crippen molar-refractivity contribution in [3.05, 3.63) is 41.7 Å². The molecule has 0 unspecified atom stereocenters. The SMILES string of the molecule is C[C@H]1C[C@H](Nc2ncc(C(F)(F)F)c(-c3c[nH]c4cc(C#N)ccc34)n2)CN1. The maximum absolute atomic E-state index is 13.6. The number of hydrogen-bond acceptors (Lipinski definition) is 5. The highest BCUT2D eigenvalue weighted by Crippen LogP contribution is 2.38. The third-order valence-corrected chi connectivity index (χ3v) is 4.84. The molecule has 4 rings (SSSR count). The fraction of sp³-hybridized carbons (Fsp3) is 0.316. The first-order valence-electron chi connectivity index (χ1n) is 8.81. The number of nitrogens with one attached hydrogen (secondary N) is 3. The molecule has 3 N–H and O–H groups in total. The van der Waals surface area contributed by atoms with Gasteiger partial charge in [-0.1, -0.05) is 6.07 Å². The summed E-state index contributed by atoms with van der Waals surface area (Å²) in [5.41, 5.74) is 0.213. The fourth-order valence-electron chi connectivity index (χ4n) is 3.49. The Hall–Kier alpha value is -3.12. The lowest BCUT2D eigenvalue weighted by molar-refractivity contribution is -0.137. The van der Waals surface area contributed by atoms with Crippen molar-refractivity contribution >= 4 is 16.9 Å². The van der Waals surface area contributed by atoms with E-state index in [2.05, 4.69) is 25.6 Å². The molecule has 1 aliphatic heterocycles. The third-order valence-electron chi connectivity index (χ3n) is 4.84. The van der Waals surface area contributed by atoms with Crippen LogP contribution in [0.3, 0.4) is 0 Å². The summed E-state index contributed by atoms with van der Waals surface area (Å²) < 4.78 is 40.7. The lowest BCUT2D eigenvalue weighted by Gasteiger charge is -2.15. The molecule has 9 heteroatoms. The average Bonchev–Trinajstić information content (AvgIpc) is 3.26. The van der Waals surface area contributed by atoms with E-state index < -0.39 is 11.7 Å². The number of hydrogen-bond donors (Lipinski definition) is 3. The summed E-state index contributed by atoms with van der Waals surface area (Å²) in [5, 5.41) is 16.0. The van der Waals surface area contributed by atoms with E-state index >= 15 is 0 Å². The van der Waals surface area contributed by atoms with Crippen LogP contribution in [0, 0.1) is 11.3 Å². The summed E-state index contributed by atoms with van der Waals surface area (Å²) in [6.45, 7) is 2.74. The van der Waals surface area contributed by atoms with Gasteiger partial charge in [-0.2, -0.15) is 18.4 Å². The highest BCUT2D eigenvalue weighted by molar-refractivity contribution is 5.96. The van der Waals surface area contributed by atoms with Crippen LogP contribution in [0.1, 0.15) is 24.5 Å². The quantitative estimate of drug-likeness (QED) is 0.639. The molecule has 1 saturated heterocycles. The van der Waals surface area contributed by atoms with Gasteiger partial charge in [0.2, 0.25) is 5.95 Å². The number of nitrogens with zero attached hydrogens (tertiary/aromatic N) is 3. The van der Waals surface area contributed by atoms with Gasteiger partial charge in [-0.15, -0.1) is 0 Å². The van der Waals surface area contributed by atoms with Gasteiger partial charge in [-0.05, 0) is 25.5 Å². The number of fused-ring (bicyclic) bond motifs is 1. The van der Waals surface area contributed by atoms with Gasteiger partial charge in [0.05, 0.1) is 17.3 Å². The van der Waals surface area contributed by atoms with Crippen molar-refractivity contribution in [3.8, 4) is 17.3 Å². The first kappa shape index (κ1) is 18.3. The van der Waals surface area contributed by atoms with Crippen LogP contribution in [0.25, 0.3) is 22.2 Å². The van der Waals surface area contributed by atoms with Crippen molar-refractivity contribution in [1.29, 1.82) is 5.26 Å². The molecule has 6 nitrogen and oxygen atoms in total. The van der Waals surface area contributed by atoms with Crippen molar-refractivity contribution in [2.45, 2.75) is 31.6 Å². The van der Waals surface area contributed by atoms with Gasteiger partial charge in [0, 0.05) is 47.5 Å². The van der Waals surface area contributed by atoms with Crippen molar-refractivity contribution in [1.82, 2.24) is 20.3 Å². The van der Waals surface area contributed by atoms with Crippen molar-refractivity contribution in [3.63, 3.8) is 0 Å². The molecular weight excluding hydrogens is 369 g/mol. The molecule has 3 aromatic rings. The predicted octanol–water partition coefficient (Wildman–Crippen LogP) is 3.68. The molecule has 0 radical (unpaired) electrons. The van der Waals surface area contributed by atoms with E-state index in [1.807, 2.05) is 13.0 Å². The largest absolute Gasteiger partial charge is 0.419 e. The molecule has 0 saturated carbocycles. The van der Waals surface area contributed by atoms with Crippen LogP contribution < -0.4 is 10.6 Å². The summed E-state index contributed by atoms with van der Waals surface area (Å²) in [7, 11) is 0. The zero-order valence-corrected chi connectivity index (χ0v) is 14.9. The van der Waals surface area contributed by atoms with E-state index in [1.54, 1.807) is 18.2 Å². The first-order chi connectivity index (χ1) is 13.3. The van der Waals surface area contributed by atoms with E-state index in [4.69, 9.17) is 5.26 Å². The molecule has 1 aliphatic rings. The predicted molar refractivity (Wildman–Crippen MR) is 98.5 cm³/mol. The molecule has 28 heavy (non-hydrogen) atoms. The Morgan fingerprint density at radius 1 is 1.32 bits per heavy atom.